The Balaban J connectivity index is 1.19. The summed E-state index contributed by atoms with van der Waals surface area (Å²) in [5.74, 6) is 0. The molecule has 1 aliphatic heterocycles. The Morgan fingerprint density at radius 1 is 0.364 bits per heavy atom. The molecule has 0 unspecified atom stereocenters. The Bertz CT molecular complexity index is 3350. The number of para-hydroxylation sites is 2. The van der Waals surface area contributed by atoms with Crippen LogP contribution in [0.15, 0.2) is 204 Å². The first-order valence-corrected chi connectivity index (χ1v) is 19.7. The summed E-state index contributed by atoms with van der Waals surface area (Å²) >= 11 is 1.88. The van der Waals surface area contributed by atoms with E-state index >= 15 is 0 Å². The van der Waals surface area contributed by atoms with E-state index < -0.39 is 0 Å². The van der Waals surface area contributed by atoms with Gasteiger partial charge in [-0.2, -0.15) is 0 Å². The van der Waals surface area contributed by atoms with Crippen LogP contribution in [0.25, 0.3) is 99.1 Å². The van der Waals surface area contributed by atoms with Crippen LogP contribution >= 0.6 is 11.8 Å². The highest BCUT2D eigenvalue weighted by Crippen LogP contribution is 2.52. The number of fused-ring (bicyclic) bond motifs is 9. The SMILES string of the molecule is c1ccc(-n2c3cccc(-c4ccc5ccccc5c4)c3c3c4cc(-c5cccc(-c6ccc7ccccc7c6)c5)cc5c4n(c32)-c2ccccc2S5)cc1. The average Bonchev–Trinajstić information content (AvgIpc) is 3.77. The number of rotatable bonds is 4. The van der Waals surface area contributed by atoms with Gasteiger partial charge in [0.2, 0.25) is 0 Å². The normalized spacial score (nSPS) is 12.3. The summed E-state index contributed by atoms with van der Waals surface area (Å²) in [5, 5.41) is 8.84. The molecule has 0 aliphatic carbocycles. The summed E-state index contributed by atoms with van der Waals surface area (Å²) < 4.78 is 5.03. The molecule has 0 radical (unpaired) electrons. The summed E-state index contributed by atoms with van der Waals surface area (Å²) in [7, 11) is 0. The van der Waals surface area contributed by atoms with E-state index in [0.717, 1.165) is 5.69 Å². The number of nitrogens with zero attached hydrogens (tertiary/aromatic N) is 2. The molecule has 3 heteroatoms. The summed E-state index contributed by atoms with van der Waals surface area (Å²) in [5.41, 5.74) is 13.4. The van der Waals surface area contributed by atoms with Gasteiger partial charge >= 0.3 is 0 Å². The van der Waals surface area contributed by atoms with Crippen molar-refractivity contribution >= 4 is 66.1 Å². The van der Waals surface area contributed by atoms with E-state index in [0.29, 0.717) is 0 Å². The number of hydrogen-bond acceptors (Lipinski definition) is 1. The average molecular weight is 717 g/mol. The van der Waals surface area contributed by atoms with Crippen molar-refractivity contribution in [1.29, 1.82) is 0 Å². The highest BCUT2D eigenvalue weighted by atomic mass is 32.2. The first-order valence-electron chi connectivity index (χ1n) is 18.8. The summed E-state index contributed by atoms with van der Waals surface area (Å²) in [4.78, 5) is 2.53. The number of benzene rings is 9. The molecule has 0 spiro atoms. The molecule has 9 aromatic carbocycles. The van der Waals surface area contributed by atoms with E-state index in [1.165, 1.54) is 103 Å². The van der Waals surface area contributed by atoms with Crippen molar-refractivity contribution in [2.24, 2.45) is 0 Å². The predicted octanol–water partition coefficient (Wildman–Crippen LogP) is 14.5. The molecule has 1 aliphatic rings. The molecule has 0 saturated carbocycles. The highest BCUT2D eigenvalue weighted by Gasteiger charge is 2.29. The van der Waals surface area contributed by atoms with E-state index in [1.807, 2.05) is 11.8 Å². The van der Waals surface area contributed by atoms with Crippen LogP contribution in [0.2, 0.25) is 0 Å². The Morgan fingerprint density at radius 3 is 1.80 bits per heavy atom. The van der Waals surface area contributed by atoms with Gasteiger partial charge in [-0.05, 0) is 116 Å². The van der Waals surface area contributed by atoms with Crippen LogP contribution in [0.1, 0.15) is 0 Å². The third kappa shape index (κ3) is 4.64. The number of hydrogen-bond donors (Lipinski definition) is 0. The topological polar surface area (TPSA) is 9.86 Å². The molecule has 256 valence electrons. The second-order valence-electron chi connectivity index (χ2n) is 14.5. The minimum atomic E-state index is 1.15. The van der Waals surface area contributed by atoms with Crippen molar-refractivity contribution in [2.75, 3.05) is 0 Å². The third-order valence-corrected chi connectivity index (χ3v) is 12.5. The molecule has 0 bridgehead atoms. The van der Waals surface area contributed by atoms with Gasteiger partial charge in [0.25, 0.3) is 0 Å². The fourth-order valence-electron chi connectivity index (χ4n) is 8.94. The lowest BCUT2D eigenvalue weighted by molar-refractivity contribution is 1.03. The van der Waals surface area contributed by atoms with Crippen LogP contribution in [-0.4, -0.2) is 9.13 Å². The van der Waals surface area contributed by atoms with Crippen LogP contribution in [0.5, 0.6) is 0 Å². The first-order chi connectivity index (χ1) is 27.3. The largest absolute Gasteiger partial charge is 0.295 e. The van der Waals surface area contributed by atoms with E-state index in [-0.39, 0.29) is 0 Å². The van der Waals surface area contributed by atoms with Crippen LogP contribution in [-0.2, 0) is 0 Å². The minimum absolute atomic E-state index is 1.15. The Hall–Kier alpha value is -6.81. The van der Waals surface area contributed by atoms with Gasteiger partial charge in [-0.25, -0.2) is 0 Å². The summed E-state index contributed by atoms with van der Waals surface area (Å²) in [6.07, 6.45) is 0. The molecule has 11 aromatic rings. The minimum Gasteiger partial charge on any atom is -0.295 e. The molecule has 0 amide bonds. The molecular weight excluding hydrogens is 685 g/mol. The van der Waals surface area contributed by atoms with Gasteiger partial charge in [-0.1, -0.05) is 145 Å². The van der Waals surface area contributed by atoms with Gasteiger partial charge in [0.15, 0.2) is 0 Å². The smallest absolute Gasteiger partial charge is 0.131 e. The Morgan fingerprint density at radius 2 is 1.00 bits per heavy atom. The van der Waals surface area contributed by atoms with Crippen molar-refractivity contribution in [3.63, 3.8) is 0 Å². The van der Waals surface area contributed by atoms with Gasteiger partial charge in [0.1, 0.15) is 5.65 Å². The summed E-state index contributed by atoms with van der Waals surface area (Å²) in [6.45, 7) is 0. The monoisotopic (exact) mass is 716 g/mol. The molecule has 2 nitrogen and oxygen atoms in total. The highest BCUT2D eigenvalue weighted by molar-refractivity contribution is 7.99. The van der Waals surface area contributed by atoms with Crippen molar-refractivity contribution in [3.05, 3.63) is 194 Å². The van der Waals surface area contributed by atoms with Crippen molar-refractivity contribution < 1.29 is 0 Å². The van der Waals surface area contributed by atoms with Crippen LogP contribution in [0.4, 0.5) is 0 Å². The zero-order valence-electron chi connectivity index (χ0n) is 29.8. The Kier molecular flexibility index (Phi) is 6.60. The Labute approximate surface area is 322 Å². The lowest BCUT2D eigenvalue weighted by Crippen LogP contribution is -2.05. The van der Waals surface area contributed by atoms with E-state index in [1.54, 1.807) is 0 Å². The maximum absolute atomic E-state index is 2.54. The fourth-order valence-corrected chi connectivity index (χ4v) is 10.1. The van der Waals surface area contributed by atoms with Crippen molar-refractivity contribution in [3.8, 4) is 44.8 Å². The van der Waals surface area contributed by atoms with E-state index in [2.05, 4.69) is 203 Å². The molecule has 2 aromatic heterocycles. The summed E-state index contributed by atoms with van der Waals surface area (Å²) in [6, 6.07) is 71.5. The molecule has 0 saturated heterocycles. The van der Waals surface area contributed by atoms with Crippen LogP contribution in [0.3, 0.4) is 0 Å². The van der Waals surface area contributed by atoms with Gasteiger partial charge in [0.05, 0.1) is 16.7 Å². The number of aromatic nitrogens is 2. The first kappa shape index (κ1) is 30.6. The van der Waals surface area contributed by atoms with Crippen molar-refractivity contribution in [1.82, 2.24) is 9.13 Å². The van der Waals surface area contributed by atoms with Crippen LogP contribution in [0, 0.1) is 0 Å². The van der Waals surface area contributed by atoms with Crippen molar-refractivity contribution in [2.45, 2.75) is 9.79 Å². The van der Waals surface area contributed by atoms with E-state index in [4.69, 9.17) is 0 Å². The second-order valence-corrected chi connectivity index (χ2v) is 15.6. The lowest BCUT2D eigenvalue weighted by atomic mass is 9.95. The molecule has 0 atom stereocenters. The zero-order valence-corrected chi connectivity index (χ0v) is 30.6. The van der Waals surface area contributed by atoms with Gasteiger partial charge in [-0.15, -0.1) is 0 Å². The molecular formula is C52H32N2S. The zero-order chi connectivity index (χ0) is 36.0. The van der Waals surface area contributed by atoms with E-state index in [9.17, 15) is 0 Å². The molecule has 12 rings (SSSR count). The standard InChI is InChI=1S/C52H32N2S/c1-2-18-42(19-3-1)53-46-22-11-20-43(40-27-25-34-13-5-7-15-36(34)30-40)49(46)50-44-31-41(32-48-51(44)54(52(50)53)45-21-8-9-23-47(45)55-48)38-17-10-16-37(29-38)39-26-24-33-12-4-6-14-35(33)28-39/h1-32H. The fraction of sp³-hybridized carbons (Fsp3) is 0. The maximum Gasteiger partial charge on any atom is 0.131 e. The van der Waals surface area contributed by atoms with Crippen LogP contribution < -0.4 is 0 Å². The lowest BCUT2D eigenvalue weighted by Gasteiger charge is -2.22. The van der Waals surface area contributed by atoms with Gasteiger partial charge in [0, 0.05) is 31.6 Å². The van der Waals surface area contributed by atoms with Gasteiger partial charge in [-0.3, -0.25) is 9.13 Å². The predicted molar refractivity (Wildman–Crippen MR) is 233 cm³/mol. The molecule has 0 N–H and O–H groups in total. The van der Waals surface area contributed by atoms with Gasteiger partial charge < -0.3 is 0 Å². The molecule has 0 fully saturated rings. The quantitative estimate of drug-likeness (QED) is 0.176. The molecule has 55 heavy (non-hydrogen) atoms. The second kappa shape index (κ2) is 11.8. The third-order valence-electron chi connectivity index (χ3n) is 11.4. The maximum atomic E-state index is 2.54. The molecule has 3 heterocycles.